The lowest BCUT2D eigenvalue weighted by molar-refractivity contribution is 1.15. The molecule has 2 N–H and O–H groups in total. The second-order valence-electron chi connectivity index (χ2n) is 3.14. The summed E-state index contributed by atoms with van der Waals surface area (Å²) >= 11 is 5.86. The van der Waals surface area contributed by atoms with E-state index in [4.69, 9.17) is 11.6 Å². The minimum absolute atomic E-state index is 0.401. The smallest absolute Gasteiger partial charge is 0.225 e. The summed E-state index contributed by atoms with van der Waals surface area (Å²) in [4.78, 5) is 8.23. The number of halogens is 1. The van der Waals surface area contributed by atoms with E-state index in [1.165, 1.54) is 0 Å². The monoisotopic (exact) mass is 234 g/mol. The number of para-hydroxylation sites is 1. The summed E-state index contributed by atoms with van der Waals surface area (Å²) in [6, 6.07) is 11.4. The second kappa shape index (κ2) is 4.81. The number of rotatable bonds is 3. The molecule has 82 valence electrons. The zero-order chi connectivity index (χ0) is 11.4. The van der Waals surface area contributed by atoms with Crippen LogP contribution in [0.4, 0.5) is 17.5 Å². The predicted molar refractivity (Wildman–Crippen MR) is 66.3 cm³/mol. The highest BCUT2D eigenvalue weighted by Crippen LogP contribution is 2.18. The van der Waals surface area contributed by atoms with Crippen molar-refractivity contribution in [2.75, 3.05) is 17.7 Å². The molecule has 5 heteroatoms. The molecule has 0 bridgehead atoms. The molecule has 4 nitrogen and oxygen atoms in total. The van der Waals surface area contributed by atoms with Gasteiger partial charge in [0.1, 0.15) is 11.0 Å². The Balaban J connectivity index is 2.24. The molecule has 2 rings (SSSR count). The Morgan fingerprint density at radius 2 is 1.88 bits per heavy atom. The van der Waals surface area contributed by atoms with E-state index in [2.05, 4.69) is 20.6 Å². The van der Waals surface area contributed by atoms with Crippen molar-refractivity contribution in [2.24, 2.45) is 0 Å². The van der Waals surface area contributed by atoms with Crippen LogP contribution < -0.4 is 10.6 Å². The molecule has 0 saturated heterocycles. The van der Waals surface area contributed by atoms with Crippen LogP contribution in [0.15, 0.2) is 36.4 Å². The van der Waals surface area contributed by atoms with Crippen molar-refractivity contribution in [1.29, 1.82) is 0 Å². The summed E-state index contributed by atoms with van der Waals surface area (Å²) in [6.45, 7) is 0. The highest BCUT2D eigenvalue weighted by molar-refractivity contribution is 6.29. The molecular weight excluding hydrogens is 224 g/mol. The average Bonchev–Trinajstić information content (AvgIpc) is 2.29. The van der Waals surface area contributed by atoms with Crippen LogP contribution in [-0.2, 0) is 0 Å². The molecule has 0 unspecified atom stereocenters. The Kier molecular flexibility index (Phi) is 3.22. The highest BCUT2D eigenvalue weighted by Gasteiger charge is 2.01. The SMILES string of the molecule is CNc1nc(Cl)cc(Nc2ccccc2)n1. The van der Waals surface area contributed by atoms with Crippen LogP contribution in [-0.4, -0.2) is 17.0 Å². The maximum absolute atomic E-state index is 5.86. The van der Waals surface area contributed by atoms with Crippen LogP contribution in [0.3, 0.4) is 0 Å². The fraction of sp³-hybridized carbons (Fsp3) is 0.0909. The van der Waals surface area contributed by atoms with Crippen molar-refractivity contribution in [3.63, 3.8) is 0 Å². The van der Waals surface area contributed by atoms with Crippen molar-refractivity contribution in [1.82, 2.24) is 9.97 Å². The molecule has 0 amide bonds. The summed E-state index contributed by atoms with van der Waals surface area (Å²) in [7, 11) is 1.75. The van der Waals surface area contributed by atoms with Gasteiger partial charge in [0.2, 0.25) is 5.95 Å². The Hall–Kier alpha value is -1.81. The second-order valence-corrected chi connectivity index (χ2v) is 3.53. The standard InChI is InChI=1S/C11H11ClN4/c1-13-11-15-9(12)7-10(16-11)14-8-5-3-2-4-6-8/h2-7H,1H3,(H2,13,14,15,16). The van der Waals surface area contributed by atoms with Gasteiger partial charge in [-0.2, -0.15) is 4.98 Å². The first-order chi connectivity index (χ1) is 7.78. The number of aromatic nitrogens is 2. The Labute approximate surface area is 98.7 Å². The first kappa shape index (κ1) is 10.7. The maximum Gasteiger partial charge on any atom is 0.225 e. The van der Waals surface area contributed by atoms with Gasteiger partial charge in [-0.3, -0.25) is 0 Å². The van der Waals surface area contributed by atoms with E-state index < -0.39 is 0 Å². The van der Waals surface area contributed by atoms with Crippen molar-refractivity contribution in [3.05, 3.63) is 41.6 Å². The van der Waals surface area contributed by atoms with Crippen LogP contribution in [0.1, 0.15) is 0 Å². The molecule has 1 aromatic carbocycles. The van der Waals surface area contributed by atoms with Crippen molar-refractivity contribution in [2.45, 2.75) is 0 Å². The summed E-state index contributed by atoms with van der Waals surface area (Å²) in [5.41, 5.74) is 0.958. The van der Waals surface area contributed by atoms with Gasteiger partial charge in [-0.15, -0.1) is 0 Å². The lowest BCUT2D eigenvalue weighted by atomic mass is 10.3. The topological polar surface area (TPSA) is 49.8 Å². The number of benzene rings is 1. The van der Waals surface area contributed by atoms with E-state index in [1.54, 1.807) is 13.1 Å². The normalized spacial score (nSPS) is 9.88. The minimum Gasteiger partial charge on any atom is -0.357 e. The Morgan fingerprint density at radius 1 is 1.12 bits per heavy atom. The van der Waals surface area contributed by atoms with Crippen LogP contribution in [0, 0.1) is 0 Å². The van der Waals surface area contributed by atoms with Crippen LogP contribution in [0.25, 0.3) is 0 Å². The molecule has 16 heavy (non-hydrogen) atoms. The molecule has 0 fully saturated rings. The number of anilines is 3. The van der Waals surface area contributed by atoms with E-state index in [0.717, 1.165) is 5.69 Å². The average molecular weight is 235 g/mol. The molecular formula is C11H11ClN4. The minimum atomic E-state index is 0.401. The van der Waals surface area contributed by atoms with E-state index >= 15 is 0 Å². The number of nitrogens with zero attached hydrogens (tertiary/aromatic N) is 2. The number of nitrogens with one attached hydrogen (secondary N) is 2. The van der Waals surface area contributed by atoms with Crippen LogP contribution in [0.2, 0.25) is 5.15 Å². The van der Waals surface area contributed by atoms with E-state index in [0.29, 0.717) is 16.9 Å². The van der Waals surface area contributed by atoms with Crippen LogP contribution in [0.5, 0.6) is 0 Å². The molecule has 0 atom stereocenters. The highest BCUT2D eigenvalue weighted by atomic mass is 35.5. The molecule has 0 aliphatic heterocycles. The quantitative estimate of drug-likeness (QED) is 0.802. The fourth-order valence-electron chi connectivity index (χ4n) is 1.26. The Morgan fingerprint density at radius 3 is 2.56 bits per heavy atom. The predicted octanol–water partition coefficient (Wildman–Crippen LogP) is 2.92. The molecule has 0 aliphatic rings. The Bertz CT molecular complexity index is 473. The third kappa shape index (κ3) is 2.61. The van der Waals surface area contributed by atoms with Gasteiger partial charge in [-0.05, 0) is 12.1 Å². The zero-order valence-corrected chi connectivity index (χ0v) is 9.49. The first-order valence-corrected chi connectivity index (χ1v) is 5.20. The maximum atomic E-state index is 5.86. The zero-order valence-electron chi connectivity index (χ0n) is 8.74. The largest absolute Gasteiger partial charge is 0.357 e. The number of hydrogen-bond acceptors (Lipinski definition) is 4. The van der Waals surface area contributed by atoms with Crippen molar-refractivity contribution < 1.29 is 0 Å². The molecule has 1 aromatic heterocycles. The summed E-state index contributed by atoms with van der Waals surface area (Å²) in [6.07, 6.45) is 0. The van der Waals surface area contributed by atoms with Gasteiger partial charge in [0.25, 0.3) is 0 Å². The van der Waals surface area contributed by atoms with E-state index in [9.17, 15) is 0 Å². The van der Waals surface area contributed by atoms with Gasteiger partial charge in [0.15, 0.2) is 0 Å². The van der Waals surface area contributed by atoms with Gasteiger partial charge in [-0.25, -0.2) is 4.98 Å². The fourth-order valence-corrected chi connectivity index (χ4v) is 1.45. The summed E-state index contributed by atoms with van der Waals surface area (Å²) < 4.78 is 0. The van der Waals surface area contributed by atoms with Crippen LogP contribution >= 0.6 is 11.6 Å². The van der Waals surface area contributed by atoms with Gasteiger partial charge in [0.05, 0.1) is 0 Å². The molecule has 0 saturated carbocycles. The van der Waals surface area contributed by atoms with Gasteiger partial charge in [-0.1, -0.05) is 29.8 Å². The van der Waals surface area contributed by atoms with E-state index in [1.807, 2.05) is 30.3 Å². The lowest BCUT2D eigenvalue weighted by Crippen LogP contribution is -2.00. The number of hydrogen-bond donors (Lipinski definition) is 2. The third-order valence-corrected chi connectivity index (χ3v) is 2.16. The lowest BCUT2D eigenvalue weighted by Gasteiger charge is -2.07. The summed E-state index contributed by atoms with van der Waals surface area (Å²) in [5, 5.41) is 6.39. The van der Waals surface area contributed by atoms with Gasteiger partial charge >= 0.3 is 0 Å². The molecule has 0 radical (unpaired) electrons. The first-order valence-electron chi connectivity index (χ1n) is 4.82. The van der Waals surface area contributed by atoms with Crippen molar-refractivity contribution >= 4 is 29.1 Å². The molecule has 0 spiro atoms. The molecule has 2 aromatic rings. The van der Waals surface area contributed by atoms with Crippen molar-refractivity contribution in [3.8, 4) is 0 Å². The molecule has 0 aliphatic carbocycles. The summed E-state index contributed by atoms with van der Waals surface area (Å²) in [5.74, 6) is 1.15. The van der Waals surface area contributed by atoms with E-state index in [-0.39, 0.29) is 0 Å². The van der Waals surface area contributed by atoms with Gasteiger partial charge in [0, 0.05) is 18.8 Å². The van der Waals surface area contributed by atoms with Gasteiger partial charge < -0.3 is 10.6 Å². The third-order valence-electron chi connectivity index (χ3n) is 1.96. The molecule has 1 heterocycles.